The summed E-state index contributed by atoms with van der Waals surface area (Å²) in [6, 6.07) is 14.0. The fourth-order valence-corrected chi connectivity index (χ4v) is 2.55. The van der Waals surface area contributed by atoms with Crippen molar-refractivity contribution in [2.45, 2.75) is 6.42 Å². The average Bonchev–Trinajstić information content (AvgIpc) is 2.55. The molecule has 5 heteroatoms. The Morgan fingerprint density at radius 2 is 1.86 bits per heavy atom. The third-order valence-corrected chi connectivity index (χ3v) is 3.79. The highest BCUT2D eigenvalue weighted by atomic mass is 35.5. The van der Waals surface area contributed by atoms with Gasteiger partial charge in [-0.05, 0) is 36.4 Å². The van der Waals surface area contributed by atoms with Crippen LogP contribution in [0.2, 0.25) is 5.02 Å². The van der Waals surface area contributed by atoms with Crippen LogP contribution in [-0.2, 0) is 4.79 Å². The van der Waals surface area contributed by atoms with Crippen molar-refractivity contribution >= 4 is 29.0 Å². The number of para-hydroxylation sites is 1. The molecule has 0 aliphatic carbocycles. The van der Waals surface area contributed by atoms with Gasteiger partial charge in [-0.25, -0.2) is 0 Å². The van der Waals surface area contributed by atoms with Crippen LogP contribution in [-0.4, -0.2) is 24.8 Å². The van der Waals surface area contributed by atoms with Gasteiger partial charge in [0, 0.05) is 23.6 Å². The minimum atomic E-state index is -0.171. The monoisotopic (exact) mass is 315 g/mol. The third kappa shape index (κ3) is 2.97. The summed E-state index contributed by atoms with van der Waals surface area (Å²) < 4.78 is 5.48. The molecular formula is C17H14ClNO3. The van der Waals surface area contributed by atoms with Crippen LogP contribution in [0.15, 0.2) is 48.5 Å². The van der Waals surface area contributed by atoms with Crippen molar-refractivity contribution in [1.82, 2.24) is 0 Å². The summed E-state index contributed by atoms with van der Waals surface area (Å²) in [6.45, 7) is 0.308. The van der Waals surface area contributed by atoms with Crippen LogP contribution >= 0.6 is 11.6 Å². The predicted octanol–water partition coefficient (Wildman–Crippen LogP) is 3.34. The molecule has 0 radical (unpaired) electrons. The molecule has 2 aromatic carbocycles. The number of halogens is 1. The topological polar surface area (TPSA) is 46.6 Å². The fraction of sp³-hybridized carbons (Fsp3) is 0.176. The molecule has 1 aliphatic rings. The highest BCUT2D eigenvalue weighted by Crippen LogP contribution is 2.27. The van der Waals surface area contributed by atoms with Crippen LogP contribution in [0.5, 0.6) is 5.75 Å². The summed E-state index contributed by atoms with van der Waals surface area (Å²) in [4.78, 5) is 25.9. The number of carbonyl (C=O) groups excluding carboxylic acids is 2. The Kier molecular flexibility index (Phi) is 4.11. The minimum absolute atomic E-state index is 0.0678. The Balaban J connectivity index is 1.72. The number of ether oxygens (including phenoxy) is 1. The van der Waals surface area contributed by atoms with Gasteiger partial charge in [-0.3, -0.25) is 9.59 Å². The zero-order chi connectivity index (χ0) is 15.5. The molecule has 1 heterocycles. The zero-order valence-corrected chi connectivity index (χ0v) is 12.5. The first kappa shape index (κ1) is 14.6. The van der Waals surface area contributed by atoms with E-state index >= 15 is 0 Å². The van der Waals surface area contributed by atoms with E-state index in [1.54, 1.807) is 47.4 Å². The summed E-state index contributed by atoms with van der Waals surface area (Å²) in [5.41, 5.74) is 1.25. The van der Waals surface area contributed by atoms with Crippen molar-refractivity contribution in [1.29, 1.82) is 0 Å². The van der Waals surface area contributed by atoms with Gasteiger partial charge in [-0.1, -0.05) is 23.7 Å². The van der Waals surface area contributed by atoms with Crippen molar-refractivity contribution < 1.29 is 14.3 Å². The van der Waals surface area contributed by atoms with Gasteiger partial charge in [0.15, 0.2) is 12.4 Å². The molecule has 0 fully saturated rings. The van der Waals surface area contributed by atoms with Crippen LogP contribution in [0.4, 0.5) is 5.69 Å². The van der Waals surface area contributed by atoms with Gasteiger partial charge < -0.3 is 9.64 Å². The predicted molar refractivity (Wildman–Crippen MR) is 84.7 cm³/mol. The number of anilines is 1. The molecule has 0 unspecified atom stereocenters. The molecule has 0 N–H and O–H groups in total. The van der Waals surface area contributed by atoms with E-state index in [1.807, 2.05) is 6.07 Å². The van der Waals surface area contributed by atoms with Crippen molar-refractivity contribution in [2.24, 2.45) is 0 Å². The van der Waals surface area contributed by atoms with Crippen molar-refractivity contribution in [2.75, 3.05) is 18.1 Å². The number of ketones is 1. The second kappa shape index (κ2) is 6.20. The van der Waals surface area contributed by atoms with Gasteiger partial charge in [0.1, 0.15) is 5.75 Å². The molecule has 4 nitrogen and oxygen atoms in total. The first-order valence-electron chi connectivity index (χ1n) is 6.96. The number of carbonyl (C=O) groups is 2. The van der Waals surface area contributed by atoms with E-state index in [-0.39, 0.29) is 18.3 Å². The normalized spacial score (nSPS) is 13.7. The summed E-state index contributed by atoms with van der Waals surface area (Å²) in [5, 5.41) is 0.613. The van der Waals surface area contributed by atoms with Crippen molar-refractivity contribution in [3.8, 4) is 5.75 Å². The Morgan fingerprint density at radius 1 is 1.14 bits per heavy atom. The third-order valence-electron chi connectivity index (χ3n) is 3.53. The lowest BCUT2D eigenvalue weighted by molar-refractivity contribution is -0.120. The average molecular weight is 316 g/mol. The molecule has 0 bridgehead atoms. The van der Waals surface area contributed by atoms with Crippen LogP contribution < -0.4 is 9.64 Å². The molecule has 0 saturated carbocycles. The van der Waals surface area contributed by atoms with Gasteiger partial charge in [0.25, 0.3) is 5.91 Å². The van der Waals surface area contributed by atoms with E-state index in [9.17, 15) is 9.59 Å². The number of Topliss-reactive ketones (excluding diaryl/α,β-unsaturated/α-hetero) is 1. The standard InChI is InChI=1S/C17H14ClNO3/c18-12-5-7-13(8-6-12)22-11-17(21)19-10-9-16(20)14-3-1-2-4-15(14)19/h1-8H,9-11H2. The molecule has 1 amide bonds. The SMILES string of the molecule is O=C1CCN(C(=O)COc2ccc(Cl)cc2)c2ccccc21. The highest BCUT2D eigenvalue weighted by molar-refractivity contribution is 6.30. The van der Waals surface area contributed by atoms with Crippen molar-refractivity contribution in [3.63, 3.8) is 0 Å². The van der Waals surface area contributed by atoms with Gasteiger partial charge in [0.05, 0.1) is 5.69 Å². The molecule has 0 saturated heterocycles. The quantitative estimate of drug-likeness (QED) is 0.872. The lowest BCUT2D eigenvalue weighted by atomic mass is 10.0. The molecule has 0 atom stereocenters. The Labute approximate surface area is 133 Å². The molecule has 1 aliphatic heterocycles. The molecule has 112 valence electrons. The molecular weight excluding hydrogens is 302 g/mol. The number of fused-ring (bicyclic) bond motifs is 1. The first-order chi connectivity index (χ1) is 10.6. The van der Waals surface area contributed by atoms with E-state index in [2.05, 4.69) is 0 Å². The Bertz CT molecular complexity index is 712. The zero-order valence-electron chi connectivity index (χ0n) is 11.8. The molecule has 3 rings (SSSR count). The molecule has 22 heavy (non-hydrogen) atoms. The maximum Gasteiger partial charge on any atom is 0.264 e. The van der Waals surface area contributed by atoms with E-state index in [4.69, 9.17) is 16.3 Å². The van der Waals surface area contributed by atoms with E-state index < -0.39 is 0 Å². The summed E-state index contributed by atoms with van der Waals surface area (Å²) >= 11 is 5.80. The number of hydrogen-bond acceptors (Lipinski definition) is 3. The van der Waals surface area contributed by atoms with Gasteiger partial charge >= 0.3 is 0 Å². The lowest BCUT2D eigenvalue weighted by Crippen LogP contribution is -2.40. The number of hydrogen-bond donors (Lipinski definition) is 0. The van der Waals surface area contributed by atoms with Crippen LogP contribution in [0.1, 0.15) is 16.8 Å². The van der Waals surface area contributed by atoms with Gasteiger partial charge in [-0.2, -0.15) is 0 Å². The smallest absolute Gasteiger partial charge is 0.264 e. The second-order valence-electron chi connectivity index (χ2n) is 4.98. The number of nitrogens with zero attached hydrogens (tertiary/aromatic N) is 1. The van der Waals surface area contributed by atoms with Crippen LogP contribution in [0.25, 0.3) is 0 Å². The molecule has 2 aromatic rings. The number of rotatable bonds is 3. The maximum absolute atomic E-state index is 12.4. The molecule has 0 aromatic heterocycles. The maximum atomic E-state index is 12.4. The fourth-order valence-electron chi connectivity index (χ4n) is 2.43. The number of benzene rings is 2. The molecule has 0 spiro atoms. The number of amides is 1. The van der Waals surface area contributed by atoms with Gasteiger partial charge in [-0.15, -0.1) is 0 Å². The van der Waals surface area contributed by atoms with E-state index in [0.717, 1.165) is 0 Å². The largest absolute Gasteiger partial charge is 0.484 e. The summed E-state index contributed by atoms with van der Waals surface area (Å²) in [6.07, 6.45) is 0.337. The van der Waals surface area contributed by atoms with Crippen molar-refractivity contribution in [3.05, 3.63) is 59.1 Å². The summed E-state index contributed by atoms with van der Waals surface area (Å²) in [7, 11) is 0. The Morgan fingerprint density at radius 3 is 2.64 bits per heavy atom. The van der Waals surface area contributed by atoms with E-state index in [0.29, 0.717) is 35.0 Å². The van der Waals surface area contributed by atoms with Crippen LogP contribution in [0, 0.1) is 0 Å². The van der Waals surface area contributed by atoms with Crippen LogP contribution in [0.3, 0.4) is 0 Å². The summed E-state index contributed by atoms with van der Waals surface area (Å²) in [5.74, 6) is 0.479. The first-order valence-corrected chi connectivity index (χ1v) is 7.34. The minimum Gasteiger partial charge on any atom is -0.484 e. The van der Waals surface area contributed by atoms with E-state index in [1.165, 1.54) is 0 Å². The van der Waals surface area contributed by atoms with Gasteiger partial charge in [0.2, 0.25) is 0 Å². The Hall–Kier alpha value is -2.33. The highest BCUT2D eigenvalue weighted by Gasteiger charge is 2.26. The second-order valence-corrected chi connectivity index (χ2v) is 5.41. The lowest BCUT2D eigenvalue weighted by Gasteiger charge is -2.28.